The van der Waals surface area contributed by atoms with Gasteiger partial charge in [0, 0.05) is 0 Å². The Morgan fingerprint density at radius 2 is 0.442 bits per heavy atom. The lowest BCUT2D eigenvalue weighted by Crippen LogP contribution is -2.66. The van der Waals surface area contributed by atoms with E-state index in [4.69, 9.17) is 61.6 Å². The van der Waals surface area contributed by atoms with E-state index in [9.17, 15) is 0 Å². The number of carbonyl (C=O) groups is 2. The maximum absolute atomic E-state index is 16.3. The standard InChI is InChI=1S/C132H190O15/c1-5-9-13-17-21-25-29-33-37-41-45-49-77-97-119(135-99-109-79-59-51-60-80-109)117(95-75-47-43-39-35-31-27-23-19-15-11-7-3)129(133)143-107-121-123(137-101-111-83-63-53-64-84-111)125(139-103-113-87-67-55-68-88-113)127(141-105-115-91-71-57-72-92-115)131(145-121)147-132-128(142-106-116-93-73-58-74-94-116)126(140-104-114-89-69-56-70-90-114)124(138-102-112-85-65-54-66-86-112)122(146-132)108-144-130(134)118(96-76-48-44-40-36-32-28-24-20-16-12-8-4)120(136-100-110-81-61-52-62-82-110)98-78-50-46-42-38-34-30-26-22-18-14-10-6-2/h47-48,51-76,79-94,117-128,131-132H,5-46,49-50,77-78,95-108H2,1-4H3/b75-47+,76-48+/t117-,118-,119-,120-,121-,122-,123-,124-,125+,126+,127-,128-,131-,132-/m1/s1. The molecular weight excluding hydrogens is 1830 g/mol. The van der Waals surface area contributed by atoms with E-state index in [1.807, 2.05) is 218 Å². The number of esters is 2. The molecule has 0 saturated carbocycles. The van der Waals surface area contributed by atoms with Gasteiger partial charge < -0.3 is 61.6 Å². The van der Waals surface area contributed by atoms with Crippen molar-refractivity contribution in [3.8, 4) is 0 Å². The van der Waals surface area contributed by atoms with Gasteiger partial charge in [0.15, 0.2) is 12.6 Å². The van der Waals surface area contributed by atoms with Gasteiger partial charge in [-0.1, -0.05) is 564 Å². The molecule has 8 aromatic rings. The van der Waals surface area contributed by atoms with Crippen molar-refractivity contribution >= 4 is 11.9 Å². The summed E-state index contributed by atoms with van der Waals surface area (Å²) in [6.07, 6.45) is 55.2. The highest BCUT2D eigenvalue weighted by Crippen LogP contribution is 2.39. The van der Waals surface area contributed by atoms with Crippen LogP contribution in [0, 0.1) is 11.8 Å². The summed E-state index contributed by atoms with van der Waals surface area (Å²) in [5.41, 5.74) is 7.51. The highest BCUT2D eigenvalue weighted by Gasteiger charge is 2.55. The van der Waals surface area contributed by atoms with Crippen LogP contribution in [0.5, 0.6) is 0 Å². The second-order valence-electron chi connectivity index (χ2n) is 41.6. The molecule has 147 heavy (non-hydrogen) atoms. The van der Waals surface area contributed by atoms with Crippen LogP contribution in [-0.2, 0) is 124 Å². The molecule has 0 radical (unpaired) electrons. The van der Waals surface area contributed by atoms with Crippen molar-refractivity contribution in [3.05, 3.63) is 311 Å². The maximum atomic E-state index is 16.3. The SMILES string of the molecule is CCCCCCCCCCC/C=C/C[C@@H](C(=O)OC[C@H]1O[C@H](O[C@H]2O[C@H](COC(=O)[C@H](C/C=C/CCCCCCCCCCC)[C@@H](CCCCCCCCCCCCCCC)OCc3ccccc3)[C@@H](OCc3ccccc3)[C@H](OCc3ccccc3)[C@H]2OCc2ccccc2)[C@H](OCc2ccccc2)[C@@H](OCc2ccccc2)[C@@H]1OCc1ccccc1)[C@@H](CCCCCCCCCCCCCCC)OCc1ccccc1. The largest absolute Gasteiger partial charge is 0.463 e. The van der Waals surface area contributed by atoms with E-state index in [1.54, 1.807) is 0 Å². The third-order valence-corrected chi connectivity index (χ3v) is 29.3. The fourth-order valence-corrected chi connectivity index (χ4v) is 20.4. The topological polar surface area (TPSA) is 154 Å². The minimum atomic E-state index is -1.40. The molecule has 15 nitrogen and oxygen atoms in total. The van der Waals surface area contributed by atoms with Crippen LogP contribution in [0.4, 0.5) is 0 Å². The van der Waals surface area contributed by atoms with Gasteiger partial charge in [-0.15, -0.1) is 0 Å². The monoisotopic (exact) mass is 2020 g/mol. The lowest BCUT2D eigenvalue weighted by Gasteiger charge is -2.49. The van der Waals surface area contributed by atoms with Gasteiger partial charge in [-0.3, -0.25) is 9.59 Å². The number of unbranched alkanes of at least 4 members (excludes halogenated alkanes) is 42. The van der Waals surface area contributed by atoms with Crippen molar-refractivity contribution in [1.29, 1.82) is 0 Å². The molecule has 2 fully saturated rings. The first-order valence-corrected chi connectivity index (χ1v) is 58.6. The molecule has 0 amide bonds. The molecule has 0 aliphatic carbocycles. The summed E-state index contributed by atoms with van der Waals surface area (Å²) in [4.78, 5) is 32.6. The van der Waals surface area contributed by atoms with Crippen LogP contribution in [-0.4, -0.2) is 98.8 Å². The van der Waals surface area contributed by atoms with Gasteiger partial charge in [0.05, 0.1) is 76.9 Å². The first kappa shape index (κ1) is 121. The van der Waals surface area contributed by atoms with E-state index >= 15 is 9.59 Å². The predicted molar refractivity (Wildman–Crippen MR) is 599 cm³/mol. The summed E-state index contributed by atoms with van der Waals surface area (Å²) in [5, 5.41) is 0. The Labute approximate surface area is 889 Å². The Balaban J connectivity index is 1.04. The molecule has 2 aliphatic rings. The molecule has 0 bridgehead atoms. The van der Waals surface area contributed by atoms with E-state index < -0.39 is 97.4 Å². The number of rotatable bonds is 86. The normalized spacial score (nSPS) is 18.8. The first-order chi connectivity index (χ1) is 72.8. The van der Waals surface area contributed by atoms with Gasteiger partial charge in [0.25, 0.3) is 0 Å². The highest BCUT2D eigenvalue weighted by molar-refractivity contribution is 5.74. The van der Waals surface area contributed by atoms with Crippen molar-refractivity contribution in [2.75, 3.05) is 13.2 Å². The lowest BCUT2D eigenvalue weighted by molar-refractivity contribution is -0.394. The Morgan fingerprint density at radius 3 is 0.680 bits per heavy atom. The van der Waals surface area contributed by atoms with Crippen LogP contribution in [0.1, 0.15) is 393 Å². The summed E-state index contributed by atoms with van der Waals surface area (Å²) < 4.78 is 96.5. The smallest absolute Gasteiger partial charge is 0.311 e. The molecule has 8 aromatic carbocycles. The third-order valence-electron chi connectivity index (χ3n) is 29.3. The molecule has 15 heteroatoms. The molecule has 0 aromatic heterocycles. The fraction of sp³-hybridized carbons (Fsp3) is 0.591. The van der Waals surface area contributed by atoms with Gasteiger partial charge in [0.1, 0.15) is 62.0 Å². The van der Waals surface area contributed by atoms with Crippen LogP contribution in [0.3, 0.4) is 0 Å². The Bertz CT molecular complexity index is 4230. The van der Waals surface area contributed by atoms with Crippen LogP contribution in [0.15, 0.2) is 267 Å². The number of benzene rings is 8. The second-order valence-corrected chi connectivity index (χ2v) is 41.6. The van der Waals surface area contributed by atoms with E-state index in [1.165, 1.54) is 231 Å². The zero-order valence-corrected chi connectivity index (χ0v) is 91.0. The minimum absolute atomic E-state index is 0.101. The van der Waals surface area contributed by atoms with Gasteiger partial charge in [-0.25, -0.2) is 0 Å². The summed E-state index contributed by atoms with van der Waals surface area (Å²) in [7, 11) is 0. The highest BCUT2D eigenvalue weighted by atomic mass is 16.8. The average Bonchev–Trinajstić information content (AvgIpc) is 0.765. The summed E-state index contributed by atoms with van der Waals surface area (Å²) >= 11 is 0. The lowest BCUT2D eigenvalue weighted by atomic mass is 9.92. The van der Waals surface area contributed by atoms with Crippen molar-refractivity contribution in [2.45, 2.75) is 475 Å². The van der Waals surface area contributed by atoms with Gasteiger partial charge in [0.2, 0.25) is 0 Å². The van der Waals surface area contributed by atoms with Crippen molar-refractivity contribution in [3.63, 3.8) is 0 Å². The van der Waals surface area contributed by atoms with E-state index in [-0.39, 0.29) is 52.9 Å². The van der Waals surface area contributed by atoms with E-state index in [0.717, 1.165) is 109 Å². The van der Waals surface area contributed by atoms with Gasteiger partial charge in [-0.2, -0.15) is 0 Å². The third kappa shape index (κ3) is 50.7. The molecule has 0 spiro atoms. The summed E-state index contributed by atoms with van der Waals surface area (Å²) in [6.45, 7) is 10.00. The van der Waals surface area contributed by atoms with Crippen molar-refractivity contribution < 1.29 is 71.2 Å². The molecule has 2 aliphatic heterocycles. The molecular formula is C132H190O15. The van der Waals surface area contributed by atoms with Gasteiger partial charge >= 0.3 is 11.9 Å². The number of hydrogen-bond donors (Lipinski definition) is 0. The summed E-state index contributed by atoms with van der Waals surface area (Å²) in [5.74, 6) is -2.18. The first-order valence-electron chi connectivity index (χ1n) is 58.6. The van der Waals surface area contributed by atoms with Crippen LogP contribution in [0.2, 0.25) is 0 Å². The average molecular weight is 2020 g/mol. The van der Waals surface area contributed by atoms with E-state index in [0.29, 0.717) is 38.9 Å². The predicted octanol–water partition coefficient (Wildman–Crippen LogP) is 34.2. The Morgan fingerprint density at radius 1 is 0.238 bits per heavy atom. The molecule has 2 saturated heterocycles. The molecule has 2 heterocycles. The second kappa shape index (κ2) is 78.8. The Hall–Kier alpha value is -8.26. The van der Waals surface area contributed by atoms with Crippen LogP contribution >= 0.6 is 0 Å². The molecule has 0 N–H and O–H groups in total. The fourth-order valence-electron chi connectivity index (χ4n) is 20.4. The molecule has 14 atom stereocenters. The van der Waals surface area contributed by atoms with Crippen LogP contribution in [0.25, 0.3) is 0 Å². The zero-order chi connectivity index (χ0) is 103. The van der Waals surface area contributed by atoms with Crippen molar-refractivity contribution in [1.82, 2.24) is 0 Å². The number of carbonyl (C=O) groups excluding carboxylic acids is 2. The number of allylic oxidation sites excluding steroid dienone is 4. The quantitative estimate of drug-likeness (QED) is 0.0202. The molecule has 808 valence electrons. The van der Waals surface area contributed by atoms with E-state index in [2.05, 4.69) is 76.3 Å². The van der Waals surface area contributed by atoms with Gasteiger partial charge in [-0.05, 0) is 95.9 Å². The number of hydrogen-bond acceptors (Lipinski definition) is 15. The maximum Gasteiger partial charge on any atom is 0.311 e. The zero-order valence-electron chi connectivity index (χ0n) is 91.0. The van der Waals surface area contributed by atoms with Crippen molar-refractivity contribution in [2.24, 2.45) is 11.8 Å². The Kier molecular flexibility index (Phi) is 64.7. The van der Waals surface area contributed by atoms with Crippen LogP contribution < -0.4 is 0 Å². The molecule has 10 rings (SSSR count). The summed E-state index contributed by atoms with van der Waals surface area (Å²) in [6, 6.07) is 81.2. The minimum Gasteiger partial charge on any atom is -0.463 e. The number of ether oxygens (including phenoxy) is 13. The molecule has 0 unspecified atom stereocenters.